The van der Waals surface area contributed by atoms with E-state index < -0.39 is 11.4 Å². The molecule has 5 heteroatoms. The fourth-order valence-corrected chi connectivity index (χ4v) is 1.77. The Labute approximate surface area is 95.8 Å². The Morgan fingerprint density at radius 3 is 2.56 bits per heavy atom. The van der Waals surface area contributed by atoms with E-state index in [2.05, 4.69) is 4.98 Å². The molecule has 1 heterocycles. The number of nitrogens with zero attached hydrogens (tertiary/aromatic N) is 2. The van der Waals surface area contributed by atoms with Gasteiger partial charge in [0.1, 0.15) is 0 Å². The highest BCUT2D eigenvalue weighted by molar-refractivity contribution is 5.83. The van der Waals surface area contributed by atoms with Crippen molar-refractivity contribution in [3.05, 3.63) is 17.7 Å². The van der Waals surface area contributed by atoms with Crippen LogP contribution in [0.25, 0.3) is 0 Å². The molecule has 0 saturated carbocycles. The smallest absolute Gasteiger partial charge is 0.237 e. The molecular formula is C11H20N4O. The van der Waals surface area contributed by atoms with Crippen molar-refractivity contribution in [1.29, 1.82) is 0 Å². The van der Waals surface area contributed by atoms with Crippen LogP contribution in [-0.4, -0.2) is 21.0 Å². The van der Waals surface area contributed by atoms with Crippen LogP contribution >= 0.6 is 0 Å². The first kappa shape index (κ1) is 12.7. The normalized spacial score (nSPS) is 16.8. The molecule has 4 N–H and O–H groups in total. The largest absolute Gasteiger partial charge is 0.368 e. The summed E-state index contributed by atoms with van der Waals surface area (Å²) in [5.41, 5.74) is 12.2. The topological polar surface area (TPSA) is 86.9 Å². The van der Waals surface area contributed by atoms with Crippen molar-refractivity contribution in [3.63, 3.8) is 0 Å². The summed E-state index contributed by atoms with van der Waals surface area (Å²) in [5.74, 6) is -0.478. The SMILES string of the molecule is Cc1ncn(C(C)CC(C)(N)C(N)=O)c1C. The molecular weight excluding hydrogens is 204 g/mol. The number of carbonyl (C=O) groups excluding carboxylic acids is 1. The lowest BCUT2D eigenvalue weighted by Gasteiger charge is -2.26. The molecule has 0 fully saturated rings. The van der Waals surface area contributed by atoms with Crippen LogP contribution in [-0.2, 0) is 4.79 Å². The van der Waals surface area contributed by atoms with Crippen LogP contribution in [0.5, 0.6) is 0 Å². The number of primary amides is 1. The summed E-state index contributed by atoms with van der Waals surface area (Å²) in [6.45, 7) is 7.61. The maximum atomic E-state index is 11.2. The summed E-state index contributed by atoms with van der Waals surface area (Å²) in [6, 6.07) is 0.101. The molecule has 1 aromatic rings. The molecule has 0 aromatic carbocycles. The van der Waals surface area contributed by atoms with Crippen molar-refractivity contribution in [2.45, 2.75) is 45.7 Å². The van der Waals surface area contributed by atoms with Crippen molar-refractivity contribution >= 4 is 5.91 Å². The van der Waals surface area contributed by atoms with Crippen molar-refractivity contribution in [3.8, 4) is 0 Å². The van der Waals surface area contributed by atoms with E-state index in [9.17, 15) is 4.79 Å². The Bertz CT molecular complexity index is 395. The van der Waals surface area contributed by atoms with Gasteiger partial charge >= 0.3 is 0 Å². The first-order valence-electron chi connectivity index (χ1n) is 5.34. The zero-order valence-corrected chi connectivity index (χ0v) is 10.3. The quantitative estimate of drug-likeness (QED) is 0.787. The third-order valence-corrected chi connectivity index (χ3v) is 3.04. The number of imidazole rings is 1. The highest BCUT2D eigenvalue weighted by Gasteiger charge is 2.28. The maximum Gasteiger partial charge on any atom is 0.237 e. The Morgan fingerprint density at radius 2 is 2.19 bits per heavy atom. The lowest BCUT2D eigenvalue weighted by Crippen LogP contribution is -2.50. The fraction of sp³-hybridized carbons (Fsp3) is 0.636. The van der Waals surface area contributed by atoms with E-state index in [0.717, 1.165) is 11.4 Å². The predicted octanol–water partition coefficient (Wildman–Crippen LogP) is 0.654. The molecule has 0 spiro atoms. The number of aromatic nitrogens is 2. The van der Waals surface area contributed by atoms with E-state index in [-0.39, 0.29) is 6.04 Å². The van der Waals surface area contributed by atoms with Gasteiger partial charge in [-0.05, 0) is 34.1 Å². The number of nitrogens with two attached hydrogens (primary N) is 2. The van der Waals surface area contributed by atoms with Crippen LogP contribution in [0.1, 0.15) is 37.7 Å². The van der Waals surface area contributed by atoms with Gasteiger partial charge in [-0.1, -0.05) is 0 Å². The molecule has 0 saturated heterocycles. The number of rotatable bonds is 4. The van der Waals surface area contributed by atoms with E-state index in [1.54, 1.807) is 13.3 Å². The molecule has 0 aliphatic rings. The standard InChI is InChI=1S/C11H20N4O/c1-7(5-11(4,13)10(12)16)15-6-14-8(2)9(15)3/h6-7H,5,13H2,1-4H3,(H2,12,16). The Balaban J connectivity index is 2.84. The second-order valence-corrected chi connectivity index (χ2v) is 4.66. The van der Waals surface area contributed by atoms with Crippen LogP contribution in [0.15, 0.2) is 6.33 Å². The molecule has 0 radical (unpaired) electrons. The second-order valence-electron chi connectivity index (χ2n) is 4.66. The molecule has 90 valence electrons. The molecule has 0 bridgehead atoms. The van der Waals surface area contributed by atoms with E-state index >= 15 is 0 Å². The molecule has 1 aromatic heterocycles. The summed E-state index contributed by atoms with van der Waals surface area (Å²) in [7, 11) is 0. The van der Waals surface area contributed by atoms with Crippen LogP contribution in [0.3, 0.4) is 0 Å². The van der Waals surface area contributed by atoms with Gasteiger partial charge in [0.25, 0.3) is 0 Å². The molecule has 5 nitrogen and oxygen atoms in total. The first-order valence-corrected chi connectivity index (χ1v) is 5.34. The molecule has 1 amide bonds. The van der Waals surface area contributed by atoms with E-state index in [1.165, 1.54) is 0 Å². The first-order chi connectivity index (χ1) is 7.25. The number of hydrogen-bond acceptors (Lipinski definition) is 3. The molecule has 1 rings (SSSR count). The van der Waals surface area contributed by atoms with Gasteiger partial charge in [0.2, 0.25) is 5.91 Å². The van der Waals surface area contributed by atoms with Crippen LogP contribution in [0.4, 0.5) is 0 Å². The highest BCUT2D eigenvalue weighted by atomic mass is 16.1. The molecule has 16 heavy (non-hydrogen) atoms. The summed E-state index contributed by atoms with van der Waals surface area (Å²) in [5, 5.41) is 0. The molecule has 2 unspecified atom stereocenters. The van der Waals surface area contributed by atoms with Gasteiger partial charge in [-0.25, -0.2) is 4.98 Å². The Hall–Kier alpha value is -1.36. The molecule has 0 aliphatic heterocycles. The van der Waals surface area contributed by atoms with Crippen molar-refractivity contribution in [1.82, 2.24) is 9.55 Å². The van der Waals surface area contributed by atoms with Crippen molar-refractivity contribution < 1.29 is 4.79 Å². The number of carbonyl (C=O) groups is 1. The van der Waals surface area contributed by atoms with E-state index in [0.29, 0.717) is 6.42 Å². The zero-order chi connectivity index (χ0) is 12.5. The Kier molecular flexibility index (Phi) is 3.38. The van der Waals surface area contributed by atoms with Crippen LogP contribution in [0.2, 0.25) is 0 Å². The fourth-order valence-electron chi connectivity index (χ4n) is 1.77. The van der Waals surface area contributed by atoms with Gasteiger partial charge in [0.05, 0.1) is 17.6 Å². The Morgan fingerprint density at radius 1 is 1.62 bits per heavy atom. The van der Waals surface area contributed by atoms with Gasteiger partial charge in [0, 0.05) is 11.7 Å². The lowest BCUT2D eigenvalue weighted by atomic mass is 9.94. The number of aryl methyl sites for hydroxylation is 1. The highest BCUT2D eigenvalue weighted by Crippen LogP contribution is 2.21. The zero-order valence-electron chi connectivity index (χ0n) is 10.3. The van der Waals surface area contributed by atoms with Gasteiger partial charge in [0.15, 0.2) is 0 Å². The van der Waals surface area contributed by atoms with Gasteiger partial charge in [-0.2, -0.15) is 0 Å². The van der Waals surface area contributed by atoms with Crippen molar-refractivity contribution in [2.24, 2.45) is 11.5 Å². The van der Waals surface area contributed by atoms with E-state index in [1.807, 2.05) is 25.3 Å². The molecule has 0 aliphatic carbocycles. The summed E-state index contributed by atoms with van der Waals surface area (Å²) in [4.78, 5) is 15.4. The van der Waals surface area contributed by atoms with Crippen molar-refractivity contribution in [2.75, 3.05) is 0 Å². The second kappa shape index (κ2) is 4.25. The predicted molar refractivity (Wildman–Crippen MR) is 62.8 cm³/mol. The van der Waals surface area contributed by atoms with Crippen LogP contribution in [0, 0.1) is 13.8 Å². The summed E-state index contributed by atoms with van der Waals surface area (Å²) in [6.07, 6.45) is 2.27. The van der Waals surface area contributed by atoms with Crippen LogP contribution < -0.4 is 11.5 Å². The summed E-state index contributed by atoms with van der Waals surface area (Å²) >= 11 is 0. The molecule has 2 atom stereocenters. The minimum absolute atomic E-state index is 0.101. The number of amides is 1. The lowest BCUT2D eigenvalue weighted by molar-refractivity contribution is -0.123. The summed E-state index contributed by atoms with van der Waals surface area (Å²) < 4.78 is 2.02. The van der Waals surface area contributed by atoms with Gasteiger partial charge < -0.3 is 16.0 Å². The minimum Gasteiger partial charge on any atom is -0.368 e. The monoisotopic (exact) mass is 224 g/mol. The average Bonchev–Trinajstić information content (AvgIpc) is 2.46. The van der Waals surface area contributed by atoms with Gasteiger partial charge in [-0.3, -0.25) is 4.79 Å². The van der Waals surface area contributed by atoms with Gasteiger partial charge in [-0.15, -0.1) is 0 Å². The maximum absolute atomic E-state index is 11.2. The van der Waals surface area contributed by atoms with E-state index in [4.69, 9.17) is 11.5 Å². The third kappa shape index (κ3) is 2.41. The third-order valence-electron chi connectivity index (χ3n) is 3.04. The average molecular weight is 224 g/mol. The number of hydrogen-bond donors (Lipinski definition) is 2. The minimum atomic E-state index is -0.982.